The van der Waals surface area contributed by atoms with Crippen molar-refractivity contribution in [2.75, 3.05) is 4.72 Å². The van der Waals surface area contributed by atoms with Crippen LogP contribution in [0.4, 0.5) is 5.69 Å². The summed E-state index contributed by atoms with van der Waals surface area (Å²) in [5.74, 6) is 0.108. The van der Waals surface area contributed by atoms with Gasteiger partial charge in [0, 0.05) is 5.69 Å². The Kier molecular flexibility index (Phi) is 2.32. The van der Waals surface area contributed by atoms with E-state index in [1.54, 1.807) is 0 Å². The quantitative estimate of drug-likeness (QED) is 0.446. The minimum absolute atomic E-state index is 0.108. The number of hydrogen-bond donors (Lipinski definition) is 3. The molecule has 0 bridgehead atoms. The average molecular weight is 173 g/mol. The van der Waals surface area contributed by atoms with Crippen LogP contribution in [-0.2, 0) is 10.9 Å². The number of hydrogen-bond acceptors (Lipinski definition) is 3. The first kappa shape index (κ1) is 7.87. The molecule has 0 saturated heterocycles. The molecule has 0 aliphatic rings. The molecule has 5 heteroatoms. The Hall–Kier alpha value is -1.23. The number of phenols is 1. The summed E-state index contributed by atoms with van der Waals surface area (Å²) in [7, 11) is -2.62. The molecule has 0 heterocycles. The van der Waals surface area contributed by atoms with Gasteiger partial charge in [0.25, 0.3) is 0 Å². The molecular weight excluding hydrogens is 166 g/mol. The summed E-state index contributed by atoms with van der Waals surface area (Å²) < 4.78 is 22.4. The molecule has 0 saturated carbocycles. The molecule has 0 aliphatic carbocycles. The minimum atomic E-state index is -2.62. The zero-order valence-corrected chi connectivity index (χ0v) is 6.41. The first-order chi connectivity index (χ1) is 5.18. The first-order valence-corrected chi connectivity index (χ1v) is 4.06. The predicted molar refractivity (Wildman–Crippen MR) is 42.0 cm³/mol. The summed E-state index contributed by atoms with van der Waals surface area (Å²) in [6, 6.07) is 5.75. The molecule has 60 valence electrons. The molecule has 0 unspecified atom stereocenters. The second-order valence-corrected chi connectivity index (χ2v) is 2.65. The van der Waals surface area contributed by atoms with Gasteiger partial charge in [-0.05, 0) is 24.3 Å². The van der Waals surface area contributed by atoms with Crippen LogP contribution in [0.2, 0.25) is 0 Å². The van der Waals surface area contributed by atoms with Gasteiger partial charge in [-0.3, -0.25) is 4.72 Å². The molecule has 1 aromatic rings. The van der Waals surface area contributed by atoms with Crippen molar-refractivity contribution in [1.82, 2.24) is 0 Å². The molecule has 0 radical (unpaired) electrons. The fourth-order valence-electron chi connectivity index (χ4n) is 0.641. The standard InChI is InChI=1S/C6H7NO3S/c8-6-3-1-5(2-4-6)7-11(9)10/h1-4,8,11H,(H,7,9,10). The number of benzene rings is 1. The highest BCUT2D eigenvalue weighted by Gasteiger charge is 1.90. The van der Waals surface area contributed by atoms with E-state index in [2.05, 4.69) is 4.72 Å². The smallest absolute Gasteiger partial charge is 0.222 e. The van der Waals surface area contributed by atoms with Gasteiger partial charge in [0.1, 0.15) is 5.75 Å². The molecule has 4 nitrogen and oxygen atoms in total. The lowest BCUT2D eigenvalue weighted by Gasteiger charge is -1.96. The van der Waals surface area contributed by atoms with Crippen molar-refractivity contribution >= 4 is 16.6 Å². The lowest BCUT2D eigenvalue weighted by Crippen LogP contribution is -1.93. The van der Waals surface area contributed by atoms with Crippen molar-refractivity contribution < 1.29 is 13.5 Å². The molecule has 0 aliphatic heterocycles. The summed E-state index contributed by atoms with van der Waals surface area (Å²) in [6.07, 6.45) is 0. The van der Waals surface area contributed by atoms with E-state index in [0.717, 1.165) is 0 Å². The average Bonchev–Trinajstić information content (AvgIpc) is 1.93. The van der Waals surface area contributed by atoms with Gasteiger partial charge in [0.15, 0.2) is 0 Å². The first-order valence-electron chi connectivity index (χ1n) is 2.88. The van der Waals surface area contributed by atoms with Crippen molar-refractivity contribution in [3.63, 3.8) is 0 Å². The van der Waals surface area contributed by atoms with E-state index in [-0.39, 0.29) is 5.75 Å². The molecule has 1 aromatic carbocycles. The van der Waals surface area contributed by atoms with Crippen LogP contribution in [0.15, 0.2) is 24.3 Å². The number of nitrogens with one attached hydrogen (secondary N) is 1. The number of thiol groups is 1. The van der Waals surface area contributed by atoms with Crippen molar-refractivity contribution in [2.45, 2.75) is 0 Å². The lowest BCUT2D eigenvalue weighted by atomic mass is 10.3. The maximum absolute atomic E-state index is 10.1. The maximum Gasteiger partial charge on any atom is 0.222 e. The zero-order valence-electron chi connectivity index (χ0n) is 5.52. The van der Waals surface area contributed by atoms with Crippen molar-refractivity contribution in [3.05, 3.63) is 24.3 Å². The molecule has 0 amide bonds. The van der Waals surface area contributed by atoms with Crippen LogP contribution in [0.5, 0.6) is 5.75 Å². The topological polar surface area (TPSA) is 66.4 Å². The van der Waals surface area contributed by atoms with Gasteiger partial charge in [0.05, 0.1) is 0 Å². The Labute approximate surface area is 65.6 Å². The summed E-state index contributed by atoms with van der Waals surface area (Å²) >= 11 is 0. The largest absolute Gasteiger partial charge is 0.508 e. The van der Waals surface area contributed by atoms with Gasteiger partial charge in [-0.25, -0.2) is 8.42 Å². The van der Waals surface area contributed by atoms with Crippen LogP contribution >= 0.6 is 0 Å². The Morgan fingerprint density at radius 3 is 2.18 bits per heavy atom. The summed E-state index contributed by atoms with van der Waals surface area (Å²) in [5, 5.41) is 8.81. The van der Waals surface area contributed by atoms with Gasteiger partial charge in [0.2, 0.25) is 10.9 Å². The van der Waals surface area contributed by atoms with E-state index in [1.807, 2.05) is 0 Å². The SMILES string of the molecule is O=[SH](=O)Nc1ccc(O)cc1. The molecule has 2 N–H and O–H groups in total. The van der Waals surface area contributed by atoms with Crippen LogP contribution in [0.1, 0.15) is 0 Å². The second-order valence-electron chi connectivity index (χ2n) is 1.92. The molecule has 0 fully saturated rings. The van der Waals surface area contributed by atoms with Gasteiger partial charge in [-0.1, -0.05) is 0 Å². The monoisotopic (exact) mass is 173 g/mol. The van der Waals surface area contributed by atoms with Crippen molar-refractivity contribution in [1.29, 1.82) is 0 Å². The Bertz CT molecular complexity index is 296. The third kappa shape index (κ3) is 2.46. The van der Waals surface area contributed by atoms with E-state index in [9.17, 15) is 8.42 Å². The normalized spacial score (nSPS) is 9.91. The summed E-state index contributed by atoms with van der Waals surface area (Å²) in [4.78, 5) is 0. The third-order valence-electron chi connectivity index (χ3n) is 1.09. The van der Waals surface area contributed by atoms with Gasteiger partial charge >= 0.3 is 0 Å². The van der Waals surface area contributed by atoms with E-state index in [4.69, 9.17) is 5.11 Å². The number of anilines is 1. The Morgan fingerprint density at radius 2 is 1.73 bits per heavy atom. The van der Waals surface area contributed by atoms with Crippen LogP contribution in [-0.4, -0.2) is 13.5 Å². The minimum Gasteiger partial charge on any atom is -0.508 e. The molecule has 0 atom stereocenters. The highest BCUT2D eigenvalue weighted by atomic mass is 32.2. The van der Waals surface area contributed by atoms with Gasteiger partial charge in [-0.2, -0.15) is 0 Å². The lowest BCUT2D eigenvalue weighted by molar-refractivity contribution is 0.475. The summed E-state index contributed by atoms with van der Waals surface area (Å²) in [5.41, 5.74) is 0.443. The highest BCUT2D eigenvalue weighted by molar-refractivity contribution is 7.73. The maximum atomic E-state index is 10.1. The van der Waals surface area contributed by atoms with Crippen molar-refractivity contribution in [3.8, 4) is 5.75 Å². The van der Waals surface area contributed by atoms with Gasteiger partial charge < -0.3 is 5.11 Å². The summed E-state index contributed by atoms with van der Waals surface area (Å²) in [6.45, 7) is 0. The number of phenolic OH excluding ortho intramolecular Hbond substituents is 1. The third-order valence-corrected chi connectivity index (χ3v) is 1.53. The zero-order chi connectivity index (χ0) is 8.27. The molecule has 11 heavy (non-hydrogen) atoms. The van der Waals surface area contributed by atoms with Gasteiger partial charge in [-0.15, -0.1) is 0 Å². The van der Waals surface area contributed by atoms with Crippen LogP contribution in [0.3, 0.4) is 0 Å². The van der Waals surface area contributed by atoms with Crippen molar-refractivity contribution in [2.24, 2.45) is 0 Å². The fourth-order valence-corrected chi connectivity index (χ4v) is 1.00. The van der Waals surface area contributed by atoms with Crippen LogP contribution in [0.25, 0.3) is 0 Å². The van der Waals surface area contributed by atoms with E-state index < -0.39 is 10.9 Å². The van der Waals surface area contributed by atoms with E-state index in [1.165, 1.54) is 24.3 Å². The fraction of sp³-hybridized carbons (Fsp3) is 0. The van der Waals surface area contributed by atoms with Crippen LogP contribution < -0.4 is 4.72 Å². The number of rotatable bonds is 2. The molecule has 1 rings (SSSR count). The molecule has 0 spiro atoms. The molecular formula is C6H7NO3S. The number of aromatic hydroxyl groups is 1. The predicted octanol–water partition coefficient (Wildman–Crippen LogP) is 0.330. The van der Waals surface area contributed by atoms with E-state index in [0.29, 0.717) is 5.69 Å². The van der Waals surface area contributed by atoms with E-state index >= 15 is 0 Å². The van der Waals surface area contributed by atoms with Crippen LogP contribution in [0, 0.1) is 0 Å². The highest BCUT2D eigenvalue weighted by Crippen LogP contribution is 2.12. The Balaban J connectivity index is 2.82. The molecule has 0 aromatic heterocycles. The Morgan fingerprint density at radius 1 is 1.18 bits per heavy atom. The second kappa shape index (κ2) is 3.25.